The first-order chi connectivity index (χ1) is 7.16. The summed E-state index contributed by atoms with van der Waals surface area (Å²) in [5, 5.41) is 18.3. The summed E-state index contributed by atoms with van der Waals surface area (Å²) in [6.45, 7) is 0. The molecule has 6 heteroatoms. The van der Waals surface area contributed by atoms with Crippen LogP contribution in [0.5, 0.6) is 11.8 Å². The molecule has 0 radical (unpaired) electrons. The van der Waals surface area contributed by atoms with E-state index in [1.165, 1.54) is 12.1 Å². The minimum atomic E-state index is -0.929. The van der Waals surface area contributed by atoms with Crippen molar-refractivity contribution in [1.29, 1.82) is 0 Å². The van der Waals surface area contributed by atoms with Gasteiger partial charge in [0.25, 0.3) is 0 Å². The molecular weight excluding hydrogens is 202 g/mol. The number of hydrogen-bond donors (Lipinski definition) is 2. The zero-order valence-electron chi connectivity index (χ0n) is 7.92. The predicted octanol–water partition coefficient (Wildman–Crippen LogP) is 1.02. The normalized spacial score (nSPS) is 15.7. The summed E-state index contributed by atoms with van der Waals surface area (Å²) in [4.78, 5) is 15.7. The number of ether oxygens (including phenoxy) is 1. The van der Waals surface area contributed by atoms with Gasteiger partial charge in [0.1, 0.15) is 6.10 Å². The van der Waals surface area contributed by atoms with Crippen LogP contribution in [-0.2, 0) is 4.74 Å². The summed E-state index contributed by atoms with van der Waals surface area (Å²) in [6.07, 6.45) is 1.67. The molecule has 1 heterocycles. The molecule has 82 valence electrons. The van der Waals surface area contributed by atoms with Gasteiger partial charge in [-0.25, -0.2) is 4.79 Å². The minimum absolute atomic E-state index is 0.0997. The molecule has 0 aliphatic heterocycles. The first-order valence-corrected chi connectivity index (χ1v) is 4.65. The Kier molecular flexibility index (Phi) is 2.40. The Balaban J connectivity index is 1.93. The maximum Gasteiger partial charge on any atom is 0.534 e. The van der Waals surface area contributed by atoms with Crippen LogP contribution in [0.15, 0.2) is 12.1 Å². The molecular formula is C9H11NO5. The molecule has 1 aromatic heterocycles. The van der Waals surface area contributed by atoms with E-state index >= 15 is 0 Å². The lowest BCUT2D eigenvalue weighted by molar-refractivity contribution is -0.0138. The lowest BCUT2D eigenvalue weighted by Crippen LogP contribution is -2.29. The Morgan fingerprint density at radius 3 is 2.40 bits per heavy atom. The fraction of sp³-hybridized carbons (Fsp3) is 0.444. The van der Waals surface area contributed by atoms with E-state index < -0.39 is 6.16 Å². The fourth-order valence-corrected chi connectivity index (χ4v) is 1.22. The van der Waals surface area contributed by atoms with Crippen molar-refractivity contribution in [3.63, 3.8) is 0 Å². The van der Waals surface area contributed by atoms with E-state index in [1.54, 1.807) is 0 Å². The highest BCUT2D eigenvalue weighted by Gasteiger charge is 2.23. The van der Waals surface area contributed by atoms with Crippen LogP contribution in [0.3, 0.4) is 0 Å². The molecule has 2 rings (SSSR count). The molecule has 0 amide bonds. The van der Waals surface area contributed by atoms with E-state index in [2.05, 4.69) is 4.84 Å². The first-order valence-electron chi connectivity index (χ1n) is 4.65. The molecule has 2 N–H and O–H groups in total. The van der Waals surface area contributed by atoms with E-state index in [-0.39, 0.29) is 17.9 Å². The Morgan fingerprint density at radius 1 is 1.33 bits per heavy atom. The fourth-order valence-electron chi connectivity index (χ4n) is 1.22. The summed E-state index contributed by atoms with van der Waals surface area (Å²) >= 11 is 0. The lowest BCUT2D eigenvalue weighted by Gasteiger charge is -2.24. The third-order valence-corrected chi connectivity index (χ3v) is 2.28. The van der Waals surface area contributed by atoms with Gasteiger partial charge in [0, 0.05) is 12.1 Å². The number of aromatic hydroxyl groups is 2. The number of carbonyl (C=O) groups is 1. The number of rotatable bonds is 2. The second-order valence-corrected chi connectivity index (χ2v) is 3.36. The van der Waals surface area contributed by atoms with E-state index in [9.17, 15) is 4.79 Å². The smallest absolute Gasteiger partial charge is 0.492 e. The zero-order chi connectivity index (χ0) is 10.8. The van der Waals surface area contributed by atoms with Gasteiger partial charge in [-0.1, -0.05) is 0 Å². The highest BCUT2D eigenvalue weighted by atomic mass is 16.8. The summed E-state index contributed by atoms with van der Waals surface area (Å²) in [5.74, 6) is -0.726. The molecule has 1 aliphatic rings. The Hall–Kier alpha value is -1.85. The predicted molar refractivity (Wildman–Crippen MR) is 48.5 cm³/mol. The van der Waals surface area contributed by atoms with Crippen LogP contribution in [-0.4, -0.2) is 27.2 Å². The molecule has 0 unspecified atom stereocenters. The molecule has 0 spiro atoms. The Labute approximate surface area is 85.6 Å². The number of hydrogen-bond acceptors (Lipinski definition) is 5. The van der Waals surface area contributed by atoms with Gasteiger partial charge in [-0.3, -0.25) is 4.84 Å². The number of nitrogens with zero attached hydrogens (tertiary/aromatic N) is 1. The maximum atomic E-state index is 11.1. The molecule has 15 heavy (non-hydrogen) atoms. The third-order valence-electron chi connectivity index (χ3n) is 2.28. The topological polar surface area (TPSA) is 80.9 Å². The second-order valence-electron chi connectivity index (χ2n) is 3.36. The van der Waals surface area contributed by atoms with Gasteiger partial charge in [-0.05, 0) is 19.3 Å². The van der Waals surface area contributed by atoms with Crippen molar-refractivity contribution in [2.45, 2.75) is 25.4 Å². The SMILES string of the molecule is O=C(OC1CCC1)On1c(O)ccc1O. The molecule has 0 atom stereocenters. The van der Waals surface area contributed by atoms with Crippen molar-refractivity contribution in [2.24, 2.45) is 0 Å². The van der Waals surface area contributed by atoms with Gasteiger partial charge in [0.15, 0.2) is 0 Å². The second kappa shape index (κ2) is 3.72. The summed E-state index contributed by atoms with van der Waals surface area (Å²) in [7, 11) is 0. The van der Waals surface area contributed by atoms with Crippen molar-refractivity contribution in [3.8, 4) is 11.8 Å². The lowest BCUT2D eigenvalue weighted by atomic mass is 9.96. The number of carbonyl (C=O) groups excluding carboxylic acids is 1. The third kappa shape index (κ3) is 1.98. The largest absolute Gasteiger partial charge is 0.534 e. The quantitative estimate of drug-likeness (QED) is 0.717. The van der Waals surface area contributed by atoms with Gasteiger partial charge in [0.05, 0.1) is 0 Å². The first kappa shape index (κ1) is 9.70. The van der Waals surface area contributed by atoms with Crippen LogP contribution >= 0.6 is 0 Å². The number of aromatic nitrogens is 1. The minimum Gasteiger partial charge on any atom is -0.492 e. The van der Waals surface area contributed by atoms with Crippen LogP contribution in [0.4, 0.5) is 4.79 Å². The van der Waals surface area contributed by atoms with Crippen LogP contribution < -0.4 is 4.84 Å². The van der Waals surface area contributed by atoms with E-state index in [0.29, 0.717) is 4.73 Å². The van der Waals surface area contributed by atoms with Crippen LogP contribution in [0.1, 0.15) is 19.3 Å². The molecule has 1 aromatic rings. The molecule has 0 saturated heterocycles. The van der Waals surface area contributed by atoms with Crippen LogP contribution in [0.25, 0.3) is 0 Å². The summed E-state index contributed by atoms with van der Waals surface area (Å²) in [6, 6.07) is 2.40. The van der Waals surface area contributed by atoms with Crippen molar-refractivity contribution < 1.29 is 24.6 Å². The molecule has 6 nitrogen and oxygen atoms in total. The van der Waals surface area contributed by atoms with Crippen molar-refractivity contribution in [2.75, 3.05) is 0 Å². The van der Waals surface area contributed by atoms with E-state index in [1.807, 2.05) is 0 Å². The van der Waals surface area contributed by atoms with Gasteiger partial charge < -0.3 is 14.9 Å². The monoisotopic (exact) mass is 213 g/mol. The molecule has 0 aromatic carbocycles. The zero-order valence-corrected chi connectivity index (χ0v) is 7.92. The summed E-state index contributed by atoms with van der Waals surface area (Å²) < 4.78 is 5.46. The maximum absolute atomic E-state index is 11.1. The highest BCUT2D eigenvalue weighted by Crippen LogP contribution is 2.23. The summed E-state index contributed by atoms with van der Waals surface area (Å²) in [5.41, 5.74) is 0. The van der Waals surface area contributed by atoms with Crippen LogP contribution in [0, 0.1) is 0 Å². The van der Waals surface area contributed by atoms with Gasteiger partial charge >= 0.3 is 6.16 Å². The van der Waals surface area contributed by atoms with Gasteiger partial charge in [-0.2, -0.15) is 0 Å². The van der Waals surface area contributed by atoms with Crippen molar-refractivity contribution in [3.05, 3.63) is 12.1 Å². The molecule has 1 fully saturated rings. The van der Waals surface area contributed by atoms with Gasteiger partial charge in [0.2, 0.25) is 11.8 Å². The Bertz CT molecular complexity index is 349. The molecule has 1 aliphatic carbocycles. The van der Waals surface area contributed by atoms with Crippen molar-refractivity contribution >= 4 is 6.16 Å². The standard InChI is InChI=1S/C9H11NO5/c11-7-4-5-8(12)10(7)15-9(13)14-6-2-1-3-6/h4-6,11-12H,1-3H2. The Morgan fingerprint density at radius 2 is 1.93 bits per heavy atom. The average molecular weight is 213 g/mol. The van der Waals surface area contributed by atoms with E-state index in [4.69, 9.17) is 14.9 Å². The van der Waals surface area contributed by atoms with Crippen LogP contribution in [0.2, 0.25) is 0 Å². The van der Waals surface area contributed by atoms with Crippen molar-refractivity contribution in [1.82, 2.24) is 4.73 Å². The highest BCUT2D eigenvalue weighted by molar-refractivity contribution is 5.61. The van der Waals surface area contributed by atoms with Gasteiger partial charge in [-0.15, -0.1) is 4.73 Å². The van der Waals surface area contributed by atoms with E-state index in [0.717, 1.165) is 19.3 Å². The molecule has 1 saturated carbocycles. The molecule has 0 bridgehead atoms. The average Bonchev–Trinajstić information content (AvgIpc) is 2.43.